The molecule has 2 aromatic carbocycles. The summed E-state index contributed by atoms with van der Waals surface area (Å²) >= 11 is 0. The van der Waals surface area contributed by atoms with Crippen molar-refractivity contribution in [2.75, 3.05) is 26.7 Å². The van der Waals surface area contributed by atoms with Gasteiger partial charge in [0.05, 0.1) is 6.04 Å². The fourth-order valence-corrected chi connectivity index (χ4v) is 3.61. The van der Waals surface area contributed by atoms with Crippen LogP contribution in [0.4, 0.5) is 0 Å². The Morgan fingerprint density at radius 2 is 1.69 bits per heavy atom. The SMILES string of the molecule is COC(C(=O)NCC(c1ccc(C)cc1)N1CCCC1)c1ccccc1. The minimum Gasteiger partial charge on any atom is -0.367 e. The molecule has 0 aliphatic carbocycles. The number of ether oxygens (including phenoxy) is 1. The summed E-state index contributed by atoms with van der Waals surface area (Å²) in [6.45, 7) is 4.86. The molecule has 26 heavy (non-hydrogen) atoms. The summed E-state index contributed by atoms with van der Waals surface area (Å²) in [7, 11) is 1.58. The van der Waals surface area contributed by atoms with Crippen molar-refractivity contribution in [1.29, 1.82) is 0 Å². The van der Waals surface area contributed by atoms with Crippen LogP contribution in [0.5, 0.6) is 0 Å². The fraction of sp³-hybridized carbons (Fsp3) is 0.409. The van der Waals surface area contributed by atoms with Gasteiger partial charge in [0.15, 0.2) is 6.10 Å². The number of aryl methyl sites for hydroxylation is 1. The number of rotatable bonds is 7. The Labute approximate surface area is 156 Å². The van der Waals surface area contributed by atoms with E-state index >= 15 is 0 Å². The molecule has 1 heterocycles. The van der Waals surface area contributed by atoms with E-state index in [1.807, 2.05) is 30.3 Å². The lowest BCUT2D eigenvalue weighted by atomic mass is 10.0. The summed E-state index contributed by atoms with van der Waals surface area (Å²) in [4.78, 5) is 15.2. The molecule has 1 fully saturated rings. The molecule has 138 valence electrons. The second-order valence-electron chi connectivity index (χ2n) is 6.94. The molecular weight excluding hydrogens is 324 g/mol. The second kappa shape index (κ2) is 8.97. The third-order valence-electron chi connectivity index (χ3n) is 5.09. The average Bonchev–Trinajstić information content (AvgIpc) is 3.19. The second-order valence-corrected chi connectivity index (χ2v) is 6.94. The molecule has 1 saturated heterocycles. The summed E-state index contributed by atoms with van der Waals surface area (Å²) < 4.78 is 5.45. The quantitative estimate of drug-likeness (QED) is 0.827. The maximum absolute atomic E-state index is 12.7. The highest BCUT2D eigenvalue weighted by molar-refractivity contribution is 5.82. The lowest BCUT2D eigenvalue weighted by Gasteiger charge is -2.29. The maximum atomic E-state index is 12.7. The molecule has 4 heteroatoms. The van der Waals surface area contributed by atoms with E-state index in [0.717, 1.165) is 18.7 Å². The largest absolute Gasteiger partial charge is 0.367 e. The minimum absolute atomic E-state index is 0.0880. The standard InChI is InChI=1S/C22H28N2O2/c1-17-10-12-18(13-11-17)20(24-14-6-7-15-24)16-23-22(25)21(26-2)19-8-4-3-5-9-19/h3-5,8-13,20-21H,6-7,14-16H2,1-2H3,(H,23,25). The van der Waals surface area contributed by atoms with E-state index in [0.29, 0.717) is 6.54 Å². The number of hydrogen-bond donors (Lipinski definition) is 1. The normalized spacial score (nSPS) is 17.0. The molecule has 1 aliphatic rings. The first-order valence-corrected chi connectivity index (χ1v) is 9.35. The topological polar surface area (TPSA) is 41.6 Å². The molecule has 0 saturated carbocycles. The molecule has 0 radical (unpaired) electrons. The van der Waals surface area contributed by atoms with Crippen LogP contribution in [0.1, 0.15) is 41.7 Å². The van der Waals surface area contributed by atoms with Gasteiger partial charge in [-0.2, -0.15) is 0 Å². The predicted molar refractivity (Wildman–Crippen MR) is 104 cm³/mol. The van der Waals surface area contributed by atoms with Crippen molar-refractivity contribution in [3.05, 3.63) is 71.3 Å². The van der Waals surface area contributed by atoms with Crippen molar-refractivity contribution in [3.8, 4) is 0 Å². The Kier molecular flexibility index (Phi) is 6.42. The molecule has 2 unspecified atom stereocenters. The summed E-state index contributed by atoms with van der Waals surface area (Å²) in [6.07, 6.45) is 1.87. The van der Waals surface area contributed by atoms with E-state index in [-0.39, 0.29) is 11.9 Å². The van der Waals surface area contributed by atoms with Gasteiger partial charge in [-0.25, -0.2) is 0 Å². The van der Waals surface area contributed by atoms with Gasteiger partial charge in [-0.05, 0) is 44.0 Å². The third kappa shape index (κ3) is 4.51. The Hall–Kier alpha value is -2.17. The van der Waals surface area contributed by atoms with Crippen LogP contribution in [0.25, 0.3) is 0 Å². The van der Waals surface area contributed by atoms with Gasteiger partial charge < -0.3 is 10.1 Å². The third-order valence-corrected chi connectivity index (χ3v) is 5.09. The van der Waals surface area contributed by atoms with Gasteiger partial charge in [0, 0.05) is 13.7 Å². The smallest absolute Gasteiger partial charge is 0.253 e. The van der Waals surface area contributed by atoms with Crippen LogP contribution in [-0.4, -0.2) is 37.6 Å². The van der Waals surface area contributed by atoms with Crippen LogP contribution in [0.15, 0.2) is 54.6 Å². The van der Waals surface area contributed by atoms with Gasteiger partial charge in [-0.1, -0.05) is 60.2 Å². The summed E-state index contributed by atoms with van der Waals surface area (Å²) in [5.41, 5.74) is 3.38. The highest BCUT2D eigenvalue weighted by atomic mass is 16.5. The van der Waals surface area contributed by atoms with Crippen LogP contribution >= 0.6 is 0 Å². The number of nitrogens with zero attached hydrogens (tertiary/aromatic N) is 1. The van der Waals surface area contributed by atoms with E-state index in [2.05, 4.69) is 41.4 Å². The van der Waals surface area contributed by atoms with Crippen LogP contribution in [0.2, 0.25) is 0 Å². The highest BCUT2D eigenvalue weighted by Gasteiger charge is 2.26. The Bertz CT molecular complexity index is 694. The molecule has 0 aromatic heterocycles. The van der Waals surface area contributed by atoms with Crippen LogP contribution in [0, 0.1) is 6.92 Å². The molecule has 0 bridgehead atoms. The lowest BCUT2D eigenvalue weighted by molar-refractivity contribution is -0.131. The number of nitrogens with one attached hydrogen (secondary N) is 1. The Morgan fingerprint density at radius 1 is 1.04 bits per heavy atom. The van der Waals surface area contributed by atoms with Gasteiger partial charge in [0.1, 0.15) is 0 Å². The molecule has 4 nitrogen and oxygen atoms in total. The van der Waals surface area contributed by atoms with Gasteiger partial charge in [0.2, 0.25) is 0 Å². The van der Waals surface area contributed by atoms with Crippen molar-refractivity contribution >= 4 is 5.91 Å². The van der Waals surface area contributed by atoms with Gasteiger partial charge in [-0.3, -0.25) is 9.69 Å². The van der Waals surface area contributed by atoms with Gasteiger partial charge in [-0.15, -0.1) is 0 Å². The number of hydrogen-bond acceptors (Lipinski definition) is 3. The zero-order chi connectivity index (χ0) is 18.4. The number of methoxy groups -OCH3 is 1. The molecule has 2 aromatic rings. The van der Waals surface area contributed by atoms with Crippen molar-refractivity contribution in [2.45, 2.75) is 31.9 Å². The maximum Gasteiger partial charge on any atom is 0.253 e. The van der Waals surface area contributed by atoms with E-state index in [1.54, 1.807) is 7.11 Å². The van der Waals surface area contributed by atoms with Crippen molar-refractivity contribution < 1.29 is 9.53 Å². The van der Waals surface area contributed by atoms with Crippen molar-refractivity contribution in [3.63, 3.8) is 0 Å². The summed E-state index contributed by atoms with van der Waals surface area (Å²) in [6, 6.07) is 18.5. The van der Waals surface area contributed by atoms with Crippen LogP contribution in [0.3, 0.4) is 0 Å². The minimum atomic E-state index is -0.576. The first kappa shape index (κ1) is 18.6. The number of carbonyl (C=O) groups is 1. The molecule has 1 amide bonds. The lowest BCUT2D eigenvalue weighted by Crippen LogP contribution is -2.39. The van der Waals surface area contributed by atoms with E-state index in [1.165, 1.54) is 24.0 Å². The monoisotopic (exact) mass is 352 g/mol. The summed E-state index contributed by atoms with van der Waals surface area (Å²) in [5, 5.41) is 3.12. The molecule has 2 atom stereocenters. The van der Waals surface area contributed by atoms with Crippen molar-refractivity contribution in [2.24, 2.45) is 0 Å². The number of likely N-dealkylation sites (tertiary alicyclic amines) is 1. The number of amides is 1. The number of carbonyl (C=O) groups excluding carboxylic acids is 1. The van der Waals surface area contributed by atoms with Gasteiger partial charge >= 0.3 is 0 Å². The Morgan fingerprint density at radius 3 is 2.31 bits per heavy atom. The highest BCUT2D eigenvalue weighted by Crippen LogP contribution is 2.25. The predicted octanol–water partition coefficient (Wildman–Crippen LogP) is 3.64. The molecule has 3 rings (SSSR count). The zero-order valence-corrected chi connectivity index (χ0v) is 15.7. The fourth-order valence-electron chi connectivity index (χ4n) is 3.61. The molecule has 1 N–H and O–H groups in total. The van der Waals surface area contributed by atoms with Crippen molar-refractivity contribution in [1.82, 2.24) is 10.2 Å². The first-order chi connectivity index (χ1) is 12.7. The average molecular weight is 352 g/mol. The Balaban J connectivity index is 1.70. The zero-order valence-electron chi connectivity index (χ0n) is 15.7. The van der Waals surface area contributed by atoms with Crippen LogP contribution in [-0.2, 0) is 9.53 Å². The number of benzene rings is 2. The molecule has 1 aliphatic heterocycles. The summed E-state index contributed by atoms with van der Waals surface area (Å²) in [5.74, 6) is -0.0880. The molecule has 0 spiro atoms. The van der Waals surface area contributed by atoms with E-state index < -0.39 is 6.10 Å². The van der Waals surface area contributed by atoms with Gasteiger partial charge in [0.25, 0.3) is 5.91 Å². The molecular formula is C22H28N2O2. The van der Waals surface area contributed by atoms with E-state index in [4.69, 9.17) is 4.74 Å². The first-order valence-electron chi connectivity index (χ1n) is 9.35. The van der Waals surface area contributed by atoms with E-state index in [9.17, 15) is 4.79 Å². The van der Waals surface area contributed by atoms with Crippen LogP contribution < -0.4 is 5.32 Å².